The van der Waals surface area contributed by atoms with Crippen LogP contribution in [0.1, 0.15) is 19.3 Å². The number of nitrogens with one attached hydrogen (secondary N) is 1. The molecule has 5 nitrogen and oxygen atoms in total. The van der Waals surface area contributed by atoms with E-state index in [1.165, 1.54) is 0 Å². The number of aliphatic hydroxyl groups excluding tert-OH is 1. The number of aryl methyl sites for hydroxylation is 1. The van der Waals surface area contributed by atoms with Crippen molar-refractivity contribution in [3.63, 3.8) is 0 Å². The Morgan fingerprint density at radius 2 is 2.09 bits per heavy atom. The lowest BCUT2D eigenvalue weighted by molar-refractivity contribution is 0.118. The zero-order valence-electron chi connectivity index (χ0n) is 12.5. The van der Waals surface area contributed by atoms with Gasteiger partial charge in [0.1, 0.15) is 18.6 Å². The second-order valence-electron chi connectivity index (χ2n) is 5.07. The van der Waals surface area contributed by atoms with Crippen LogP contribution in [0.4, 0.5) is 0 Å². The van der Waals surface area contributed by atoms with Gasteiger partial charge in [-0.25, -0.2) is 4.98 Å². The van der Waals surface area contributed by atoms with E-state index in [1.807, 2.05) is 29.2 Å². The quantitative estimate of drug-likeness (QED) is 0.521. The molecular weight excluding hydrogens is 302 g/mol. The Labute approximate surface area is 135 Å². The maximum Gasteiger partial charge on any atom is 0.119 e. The number of benzene rings is 1. The summed E-state index contributed by atoms with van der Waals surface area (Å²) in [5, 5.41) is 13.6. The largest absolute Gasteiger partial charge is 0.492 e. The van der Waals surface area contributed by atoms with Crippen molar-refractivity contribution in [2.75, 3.05) is 13.2 Å². The summed E-state index contributed by atoms with van der Waals surface area (Å²) in [7, 11) is 0. The molecule has 2 aromatic rings. The summed E-state index contributed by atoms with van der Waals surface area (Å²) < 4.78 is 7.58. The fourth-order valence-corrected chi connectivity index (χ4v) is 2.20. The van der Waals surface area contributed by atoms with Gasteiger partial charge in [-0.05, 0) is 43.5 Å². The zero-order valence-corrected chi connectivity index (χ0v) is 13.2. The van der Waals surface area contributed by atoms with E-state index in [4.69, 9.17) is 16.3 Å². The molecule has 0 radical (unpaired) electrons. The van der Waals surface area contributed by atoms with Crippen molar-refractivity contribution in [2.45, 2.75) is 32.0 Å². The van der Waals surface area contributed by atoms with Crippen molar-refractivity contribution in [2.24, 2.45) is 0 Å². The van der Waals surface area contributed by atoms with Gasteiger partial charge in [0.15, 0.2) is 0 Å². The summed E-state index contributed by atoms with van der Waals surface area (Å²) >= 11 is 5.80. The summed E-state index contributed by atoms with van der Waals surface area (Å²) in [6, 6.07) is 7.24. The molecule has 0 aliphatic heterocycles. The molecule has 0 amide bonds. The third kappa shape index (κ3) is 6.47. The molecular formula is C16H22ClN3O2. The molecule has 0 bridgehead atoms. The van der Waals surface area contributed by atoms with E-state index in [2.05, 4.69) is 10.3 Å². The minimum atomic E-state index is -0.489. The molecule has 2 N–H and O–H groups in total. The molecule has 0 spiro atoms. The van der Waals surface area contributed by atoms with Crippen molar-refractivity contribution < 1.29 is 9.84 Å². The lowest BCUT2D eigenvalue weighted by Crippen LogP contribution is -2.32. The van der Waals surface area contributed by atoms with E-state index >= 15 is 0 Å². The molecule has 22 heavy (non-hydrogen) atoms. The van der Waals surface area contributed by atoms with Crippen molar-refractivity contribution in [1.82, 2.24) is 14.9 Å². The number of aromatic nitrogens is 2. The molecule has 1 atom stereocenters. The monoisotopic (exact) mass is 323 g/mol. The molecule has 0 saturated heterocycles. The van der Waals surface area contributed by atoms with Crippen molar-refractivity contribution in [1.29, 1.82) is 0 Å². The van der Waals surface area contributed by atoms with Crippen LogP contribution in [-0.2, 0) is 6.54 Å². The topological polar surface area (TPSA) is 59.3 Å². The van der Waals surface area contributed by atoms with E-state index in [9.17, 15) is 5.11 Å². The third-order valence-electron chi connectivity index (χ3n) is 3.27. The number of hydrogen-bond acceptors (Lipinski definition) is 4. The number of halogens is 1. The fourth-order valence-electron chi connectivity index (χ4n) is 2.08. The first-order chi connectivity index (χ1) is 10.7. The van der Waals surface area contributed by atoms with Gasteiger partial charge < -0.3 is 14.4 Å². The van der Waals surface area contributed by atoms with Gasteiger partial charge >= 0.3 is 0 Å². The van der Waals surface area contributed by atoms with Crippen LogP contribution in [0.25, 0.3) is 0 Å². The van der Waals surface area contributed by atoms with E-state index in [0.29, 0.717) is 18.2 Å². The van der Waals surface area contributed by atoms with E-state index in [0.717, 1.165) is 31.6 Å². The van der Waals surface area contributed by atoms with Gasteiger partial charge in [0.05, 0.1) is 6.33 Å². The highest BCUT2D eigenvalue weighted by Crippen LogP contribution is 2.15. The smallest absolute Gasteiger partial charge is 0.119 e. The fraction of sp³-hybridized carbons (Fsp3) is 0.438. The average Bonchev–Trinajstić information content (AvgIpc) is 3.03. The predicted octanol–water partition coefficient (Wildman–Crippen LogP) is 2.69. The number of ether oxygens (including phenoxy) is 1. The molecule has 1 aromatic carbocycles. The second kappa shape index (κ2) is 9.46. The number of nitrogens with zero attached hydrogens (tertiary/aromatic N) is 2. The predicted molar refractivity (Wildman–Crippen MR) is 87.0 cm³/mol. The molecule has 120 valence electrons. The van der Waals surface area contributed by atoms with Crippen LogP contribution < -0.4 is 10.1 Å². The number of imidazole rings is 1. The van der Waals surface area contributed by atoms with Crippen molar-refractivity contribution >= 4 is 11.6 Å². The molecule has 0 aliphatic rings. The van der Waals surface area contributed by atoms with E-state index in [1.54, 1.807) is 18.3 Å². The number of hydrogen-bond donors (Lipinski definition) is 2. The van der Waals surface area contributed by atoms with Gasteiger partial charge in [0.2, 0.25) is 0 Å². The minimum absolute atomic E-state index is 0.489. The van der Waals surface area contributed by atoms with Gasteiger partial charge in [0.25, 0.3) is 0 Å². The maximum absolute atomic E-state index is 9.84. The van der Waals surface area contributed by atoms with Crippen LogP contribution in [0.5, 0.6) is 5.75 Å². The van der Waals surface area contributed by atoms with Crippen LogP contribution in [0.15, 0.2) is 43.0 Å². The lowest BCUT2D eigenvalue weighted by Gasteiger charge is -2.13. The molecule has 1 heterocycles. The summed E-state index contributed by atoms with van der Waals surface area (Å²) in [5.41, 5.74) is 0. The number of rotatable bonds is 10. The van der Waals surface area contributed by atoms with E-state index < -0.39 is 6.23 Å². The standard InChI is InChI=1S/C16H22ClN3O2/c17-14-4-6-15(7-5-14)22-12-9-19-16(21)3-1-2-10-20-11-8-18-13-20/h4-8,11,13,16,19,21H,1-3,9-10,12H2. The summed E-state index contributed by atoms with van der Waals surface area (Å²) in [4.78, 5) is 4.00. The zero-order chi connectivity index (χ0) is 15.6. The van der Waals surface area contributed by atoms with Gasteiger partial charge in [-0.15, -0.1) is 0 Å². The van der Waals surface area contributed by atoms with Crippen LogP contribution in [-0.4, -0.2) is 34.0 Å². The first-order valence-electron chi connectivity index (χ1n) is 7.49. The van der Waals surface area contributed by atoms with Crippen LogP contribution in [0, 0.1) is 0 Å². The highest BCUT2D eigenvalue weighted by atomic mass is 35.5. The Morgan fingerprint density at radius 1 is 1.27 bits per heavy atom. The Balaban J connectivity index is 1.48. The molecule has 0 fully saturated rings. The van der Waals surface area contributed by atoms with Gasteiger partial charge in [-0.3, -0.25) is 5.32 Å². The second-order valence-corrected chi connectivity index (χ2v) is 5.51. The van der Waals surface area contributed by atoms with Gasteiger partial charge in [0, 0.05) is 30.5 Å². The first-order valence-corrected chi connectivity index (χ1v) is 7.87. The van der Waals surface area contributed by atoms with Crippen molar-refractivity contribution in [3.8, 4) is 5.75 Å². The Morgan fingerprint density at radius 3 is 2.82 bits per heavy atom. The Hall–Kier alpha value is -1.56. The normalized spacial score (nSPS) is 12.3. The van der Waals surface area contributed by atoms with Crippen LogP contribution in [0.2, 0.25) is 5.02 Å². The summed E-state index contributed by atoms with van der Waals surface area (Å²) in [6.45, 7) is 2.05. The summed E-state index contributed by atoms with van der Waals surface area (Å²) in [5.74, 6) is 0.779. The molecule has 0 saturated carbocycles. The molecule has 1 unspecified atom stereocenters. The average molecular weight is 324 g/mol. The lowest BCUT2D eigenvalue weighted by atomic mass is 10.2. The number of aliphatic hydroxyl groups is 1. The highest BCUT2D eigenvalue weighted by molar-refractivity contribution is 6.30. The minimum Gasteiger partial charge on any atom is -0.492 e. The van der Waals surface area contributed by atoms with Gasteiger partial charge in [-0.2, -0.15) is 0 Å². The molecule has 2 rings (SSSR count). The third-order valence-corrected chi connectivity index (χ3v) is 3.52. The Kier molecular flexibility index (Phi) is 7.22. The van der Waals surface area contributed by atoms with Crippen LogP contribution in [0.3, 0.4) is 0 Å². The Bertz CT molecular complexity index is 517. The highest BCUT2D eigenvalue weighted by Gasteiger charge is 2.03. The van der Waals surface area contributed by atoms with E-state index in [-0.39, 0.29) is 0 Å². The van der Waals surface area contributed by atoms with Gasteiger partial charge in [-0.1, -0.05) is 11.6 Å². The number of unbranched alkanes of at least 4 members (excludes halogenated alkanes) is 1. The maximum atomic E-state index is 9.84. The van der Waals surface area contributed by atoms with Crippen molar-refractivity contribution in [3.05, 3.63) is 48.0 Å². The van der Waals surface area contributed by atoms with Crippen LogP contribution >= 0.6 is 11.6 Å². The summed E-state index contributed by atoms with van der Waals surface area (Å²) in [6.07, 6.45) is 7.76. The molecule has 6 heteroatoms. The molecule has 1 aromatic heterocycles. The molecule has 0 aliphatic carbocycles. The SMILES string of the molecule is OC(CCCCn1ccnc1)NCCOc1ccc(Cl)cc1. The first kappa shape index (κ1) is 16.8.